The van der Waals surface area contributed by atoms with E-state index < -0.39 is 0 Å². The molecule has 0 saturated carbocycles. The summed E-state index contributed by atoms with van der Waals surface area (Å²) in [5, 5.41) is 0. The van der Waals surface area contributed by atoms with Crippen LogP contribution in [0, 0.1) is 6.92 Å². The number of rotatable bonds is 1. The Hall–Kier alpha value is -2.29. The summed E-state index contributed by atoms with van der Waals surface area (Å²) < 4.78 is 2.12. The van der Waals surface area contributed by atoms with Gasteiger partial charge in [-0.25, -0.2) is 4.57 Å². The molecule has 0 amide bonds. The number of fused-ring (bicyclic) bond motifs is 1. The van der Waals surface area contributed by atoms with Crippen molar-refractivity contribution in [3.05, 3.63) is 54.5 Å². The van der Waals surface area contributed by atoms with Gasteiger partial charge < -0.3 is 0 Å². The highest BCUT2D eigenvalue weighted by Gasteiger charge is 2.13. The molecule has 0 bridgehead atoms. The van der Waals surface area contributed by atoms with Gasteiger partial charge in [0.2, 0.25) is 5.69 Å². The van der Waals surface area contributed by atoms with Crippen LogP contribution in [0.3, 0.4) is 0 Å². The third-order valence-electron chi connectivity index (χ3n) is 3.22. The second-order valence-corrected chi connectivity index (χ2v) is 4.36. The van der Waals surface area contributed by atoms with Gasteiger partial charge in [-0.3, -0.25) is 9.97 Å². The highest BCUT2D eigenvalue weighted by Crippen LogP contribution is 2.25. The summed E-state index contributed by atoms with van der Waals surface area (Å²) in [6.45, 7) is 2.10. The molecule has 88 valence electrons. The third kappa shape index (κ3) is 1.64. The van der Waals surface area contributed by atoms with Crippen LogP contribution >= 0.6 is 0 Å². The fourth-order valence-corrected chi connectivity index (χ4v) is 2.26. The fraction of sp³-hybridized carbons (Fsp3) is 0.133. The Labute approximate surface area is 106 Å². The SMILES string of the molecule is Cc1c(-c2cccc[n+]2C)ccc2nccnc12. The predicted octanol–water partition coefficient (Wildman–Crippen LogP) is 2.43. The second kappa shape index (κ2) is 4.18. The van der Waals surface area contributed by atoms with Crippen LogP contribution in [-0.4, -0.2) is 9.97 Å². The lowest BCUT2D eigenvalue weighted by Gasteiger charge is -2.06. The van der Waals surface area contributed by atoms with Crippen molar-refractivity contribution < 1.29 is 4.57 Å². The van der Waals surface area contributed by atoms with Gasteiger partial charge >= 0.3 is 0 Å². The highest BCUT2D eigenvalue weighted by molar-refractivity contribution is 5.84. The zero-order valence-corrected chi connectivity index (χ0v) is 10.5. The molecule has 0 saturated heterocycles. The molecule has 0 fully saturated rings. The average molecular weight is 236 g/mol. The maximum Gasteiger partial charge on any atom is 0.212 e. The molecule has 3 nitrogen and oxygen atoms in total. The second-order valence-electron chi connectivity index (χ2n) is 4.36. The molecule has 0 N–H and O–H groups in total. The molecule has 1 aromatic carbocycles. The van der Waals surface area contributed by atoms with E-state index in [1.807, 2.05) is 12.1 Å². The number of pyridine rings is 1. The normalized spacial score (nSPS) is 10.8. The van der Waals surface area contributed by atoms with E-state index in [1.54, 1.807) is 12.4 Å². The van der Waals surface area contributed by atoms with E-state index in [4.69, 9.17) is 0 Å². The van der Waals surface area contributed by atoms with E-state index in [0.717, 1.165) is 11.0 Å². The summed E-state index contributed by atoms with van der Waals surface area (Å²) in [4.78, 5) is 8.75. The minimum atomic E-state index is 0.942. The molecule has 0 spiro atoms. The van der Waals surface area contributed by atoms with Crippen molar-refractivity contribution in [2.24, 2.45) is 7.05 Å². The van der Waals surface area contributed by atoms with E-state index >= 15 is 0 Å². The molecule has 2 heterocycles. The summed E-state index contributed by atoms with van der Waals surface area (Å²) in [6.07, 6.45) is 5.52. The molecule has 0 radical (unpaired) electrons. The van der Waals surface area contributed by atoms with Crippen LogP contribution in [0.2, 0.25) is 0 Å². The van der Waals surface area contributed by atoms with Crippen molar-refractivity contribution in [3.63, 3.8) is 0 Å². The Morgan fingerprint density at radius 2 is 1.83 bits per heavy atom. The summed E-state index contributed by atoms with van der Waals surface area (Å²) in [5.41, 5.74) is 5.47. The van der Waals surface area contributed by atoms with Crippen LogP contribution in [0.15, 0.2) is 48.9 Å². The Bertz CT molecular complexity index is 720. The maximum absolute atomic E-state index is 4.42. The minimum Gasteiger partial charge on any atom is -0.253 e. The standard InChI is InChI=1S/C15H14N3/c1-11-12(14-5-3-4-10-18(14)2)6-7-13-15(11)17-9-8-16-13/h3-10H,1-2H3/q+1. The molecule has 2 aromatic heterocycles. The molecular formula is C15H14N3+. The number of benzene rings is 1. The molecular weight excluding hydrogens is 222 g/mol. The topological polar surface area (TPSA) is 29.7 Å². The minimum absolute atomic E-state index is 0.942. The number of nitrogens with zero attached hydrogens (tertiary/aromatic N) is 3. The number of hydrogen-bond donors (Lipinski definition) is 0. The fourth-order valence-electron chi connectivity index (χ4n) is 2.26. The molecule has 0 aliphatic rings. The van der Waals surface area contributed by atoms with Crippen molar-refractivity contribution in [1.29, 1.82) is 0 Å². The molecule has 3 rings (SSSR count). The summed E-state index contributed by atoms with van der Waals surface area (Å²) in [7, 11) is 2.05. The van der Waals surface area contributed by atoms with Gasteiger partial charge in [-0.15, -0.1) is 0 Å². The Morgan fingerprint density at radius 3 is 2.67 bits per heavy atom. The number of aromatic nitrogens is 3. The van der Waals surface area contributed by atoms with Crippen molar-refractivity contribution in [3.8, 4) is 11.3 Å². The Kier molecular flexibility index (Phi) is 2.52. The Balaban J connectivity index is 2.31. The molecule has 0 atom stereocenters. The van der Waals surface area contributed by atoms with Gasteiger partial charge in [0, 0.05) is 24.5 Å². The van der Waals surface area contributed by atoms with Gasteiger partial charge in [0.1, 0.15) is 7.05 Å². The van der Waals surface area contributed by atoms with Crippen molar-refractivity contribution in [2.45, 2.75) is 6.92 Å². The number of hydrogen-bond acceptors (Lipinski definition) is 2. The van der Waals surface area contributed by atoms with Crippen molar-refractivity contribution >= 4 is 11.0 Å². The lowest BCUT2D eigenvalue weighted by Crippen LogP contribution is -2.30. The first-order chi connectivity index (χ1) is 8.77. The highest BCUT2D eigenvalue weighted by atomic mass is 14.9. The van der Waals surface area contributed by atoms with Gasteiger partial charge in [0.15, 0.2) is 6.20 Å². The van der Waals surface area contributed by atoms with Gasteiger partial charge in [-0.2, -0.15) is 0 Å². The molecule has 0 aliphatic heterocycles. The van der Waals surface area contributed by atoms with Crippen LogP contribution in [-0.2, 0) is 7.05 Å². The zero-order valence-electron chi connectivity index (χ0n) is 10.5. The van der Waals surface area contributed by atoms with Gasteiger partial charge in [-0.1, -0.05) is 0 Å². The summed E-state index contributed by atoms with van der Waals surface area (Å²) in [5.74, 6) is 0. The van der Waals surface area contributed by atoms with Crippen molar-refractivity contribution in [1.82, 2.24) is 9.97 Å². The molecule has 18 heavy (non-hydrogen) atoms. The summed E-state index contributed by atoms with van der Waals surface area (Å²) >= 11 is 0. The van der Waals surface area contributed by atoms with Crippen molar-refractivity contribution in [2.75, 3.05) is 0 Å². The molecule has 3 heteroatoms. The quantitative estimate of drug-likeness (QED) is 0.607. The van der Waals surface area contributed by atoms with Crippen LogP contribution < -0.4 is 4.57 Å². The van der Waals surface area contributed by atoms with Crippen LogP contribution in [0.5, 0.6) is 0 Å². The smallest absolute Gasteiger partial charge is 0.212 e. The largest absolute Gasteiger partial charge is 0.253 e. The van der Waals surface area contributed by atoms with Crippen LogP contribution in [0.25, 0.3) is 22.3 Å². The molecule has 0 aliphatic carbocycles. The zero-order chi connectivity index (χ0) is 12.5. The average Bonchev–Trinajstić information content (AvgIpc) is 2.41. The van der Waals surface area contributed by atoms with Gasteiger partial charge in [0.05, 0.1) is 16.6 Å². The molecule has 3 aromatic rings. The van der Waals surface area contributed by atoms with Gasteiger partial charge in [-0.05, 0) is 30.7 Å². The maximum atomic E-state index is 4.42. The first kappa shape index (κ1) is 10.8. The van der Waals surface area contributed by atoms with E-state index in [-0.39, 0.29) is 0 Å². The van der Waals surface area contributed by atoms with Gasteiger partial charge in [0.25, 0.3) is 0 Å². The third-order valence-corrected chi connectivity index (χ3v) is 3.22. The van der Waals surface area contributed by atoms with E-state index in [2.05, 4.69) is 52.9 Å². The first-order valence-electron chi connectivity index (χ1n) is 5.93. The lowest BCUT2D eigenvalue weighted by atomic mass is 10.0. The first-order valence-corrected chi connectivity index (χ1v) is 5.93. The lowest BCUT2D eigenvalue weighted by molar-refractivity contribution is -0.660. The Morgan fingerprint density at radius 1 is 1.00 bits per heavy atom. The monoisotopic (exact) mass is 236 g/mol. The predicted molar refractivity (Wildman–Crippen MR) is 70.9 cm³/mol. The van der Waals surface area contributed by atoms with E-state index in [0.29, 0.717) is 0 Å². The summed E-state index contributed by atoms with van der Waals surface area (Å²) in [6, 6.07) is 10.3. The van der Waals surface area contributed by atoms with E-state index in [9.17, 15) is 0 Å². The van der Waals surface area contributed by atoms with Crippen LogP contribution in [0.1, 0.15) is 5.56 Å². The van der Waals surface area contributed by atoms with E-state index in [1.165, 1.54) is 16.8 Å². The van der Waals surface area contributed by atoms with Crippen LogP contribution in [0.4, 0.5) is 0 Å². The number of aryl methyl sites for hydroxylation is 2. The molecule has 0 unspecified atom stereocenters.